The topological polar surface area (TPSA) is 46.2 Å². The number of sulfonamides is 1. The second-order valence-electron chi connectivity index (χ2n) is 2.50. The van der Waals surface area contributed by atoms with Crippen molar-refractivity contribution in [3.8, 4) is 0 Å². The molecule has 0 spiro atoms. The second kappa shape index (κ2) is 5.46. The van der Waals surface area contributed by atoms with Gasteiger partial charge in [0.05, 0.1) is 4.34 Å². The highest BCUT2D eigenvalue weighted by Crippen LogP contribution is 2.25. The van der Waals surface area contributed by atoms with Crippen LogP contribution < -0.4 is 4.72 Å². The van der Waals surface area contributed by atoms with Gasteiger partial charge in [0.15, 0.2) is 0 Å². The smallest absolute Gasteiger partial charge is 0.210 e. The summed E-state index contributed by atoms with van der Waals surface area (Å²) < 4.78 is 26.3. The Hall–Kier alpha value is 0.380. The maximum Gasteiger partial charge on any atom is 0.250 e. The molecule has 0 bridgehead atoms. The van der Waals surface area contributed by atoms with Gasteiger partial charge in [-0.05, 0) is 18.6 Å². The number of rotatable bonds is 5. The van der Waals surface area contributed by atoms with Crippen LogP contribution in [0.1, 0.15) is 6.42 Å². The molecule has 1 heterocycles. The molecule has 0 fully saturated rings. The van der Waals surface area contributed by atoms with Crippen LogP contribution in [0.2, 0.25) is 4.34 Å². The molecule has 0 radical (unpaired) electrons. The highest BCUT2D eigenvalue weighted by molar-refractivity contribution is 9.09. The monoisotopic (exact) mass is 317 g/mol. The van der Waals surface area contributed by atoms with E-state index in [1.54, 1.807) is 6.07 Å². The summed E-state index contributed by atoms with van der Waals surface area (Å²) in [7, 11) is -3.35. The van der Waals surface area contributed by atoms with Crippen LogP contribution in [0.15, 0.2) is 16.3 Å². The van der Waals surface area contributed by atoms with Gasteiger partial charge in [0.1, 0.15) is 4.21 Å². The average molecular weight is 319 g/mol. The molecular formula is C7H9BrClNO2S2. The Kier molecular flexibility index (Phi) is 4.86. The largest absolute Gasteiger partial charge is 0.250 e. The summed E-state index contributed by atoms with van der Waals surface area (Å²) in [6.07, 6.45) is 0.762. The molecule has 0 aliphatic heterocycles. The number of hydrogen-bond donors (Lipinski definition) is 1. The molecule has 3 nitrogen and oxygen atoms in total. The van der Waals surface area contributed by atoms with Gasteiger partial charge in [-0.1, -0.05) is 27.5 Å². The van der Waals surface area contributed by atoms with Crippen LogP contribution in [0.4, 0.5) is 0 Å². The molecule has 0 aliphatic carbocycles. The van der Waals surface area contributed by atoms with Crippen LogP contribution in [0.25, 0.3) is 0 Å². The normalized spacial score (nSPS) is 11.9. The first-order chi connectivity index (χ1) is 6.56. The summed E-state index contributed by atoms with van der Waals surface area (Å²) in [6, 6.07) is 3.08. The van der Waals surface area contributed by atoms with Crippen LogP contribution in [-0.2, 0) is 10.0 Å². The van der Waals surface area contributed by atoms with Gasteiger partial charge in [-0.2, -0.15) is 0 Å². The van der Waals surface area contributed by atoms with Crippen molar-refractivity contribution in [2.75, 3.05) is 11.9 Å². The number of nitrogens with one attached hydrogen (secondary N) is 1. The summed E-state index contributed by atoms with van der Waals surface area (Å²) in [6.45, 7) is 0.434. The van der Waals surface area contributed by atoms with Crippen LogP contribution in [0, 0.1) is 0 Å². The van der Waals surface area contributed by atoms with Crippen molar-refractivity contribution in [1.82, 2.24) is 4.72 Å². The summed E-state index contributed by atoms with van der Waals surface area (Å²) in [5.74, 6) is 0. The lowest BCUT2D eigenvalue weighted by atomic mass is 10.5. The van der Waals surface area contributed by atoms with Gasteiger partial charge < -0.3 is 0 Å². The average Bonchev–Trinajstić information content (AvgIpc) is 2.53. The van der Waals surface area contributed by atoms with E-state index in [1.165, 1.54) is 6.07 Å². The standard InChI is InChI=1S/C7H9BrClNO2S2/c8-4-1-5-10-14(11,12)7-3-2-6(9)13-7/h2-3,10H,1,4-5H2. The first-order valence-corrected chi connectivity index (χ1v) is 7.67. The van der Waals surface area contributed by atoms with Crippen molar-refractivity contribution in [2.24, 2.45) is 0 Å². The molecule has 0 unspecified atom stereocenters. The molecule has 0 atom stereocenters. The van der Waals surface area contributed by atoms with Gasteiger partial charge in [0.2, 0.25) is 10.0 Å². The van der Waals surface area contributed by atoms with Crippen molar-refractivity contribution < 1.29 is 8.42 Å². The Morgan fingerprint density at radius 1 is 1.50 bits per heavy atom. The van der Waals surface area contributed by atoms with E-state index in [0.29, 0.717) is 10.9 Å². The minimum absolute atomic E-state index is 0.261. The molecule has 0 aliphatic rings. The van der Waals surface area contributed by atoms with Crippen molar-refractivity contribution in [1.29, 1.82) is 0 Å². The first kappa shape index (κ1) is 12.4. The summed E-state index contributed by atoms with van der Waals surface area (Å²) in [5, 5.41) is 0.778. The Morgan fingerprint density at radius 2 is 2.21 bits per heavy atom. The molecule has 0 amide bonds. The molecule has 0 saturated heterocycles. The van der Waals surface area contributed by atoms with Crippen LogP contribution in [0.5, 0.6) is 0 Å². The summed E-state index contributed by atoms with van der Waals surface area (Å²) in [4.78, 5) is 0. The van der Waals surface area contributed by atoms with E-state index in [4.69, 9.17) is 11.6 Å². The van der Waals surface area contributed by atoms with Crippen LogP contribution in [-0.4, -0.2) is 20.3 Å². The molecule has 80 valence electrons. The van der Waals surface area contributed by atoms with E-state index in [1.807, 2.05) is 0 Å². The van der Waals surface area contributed by atoms with Crippen molar-refractivity contribution in [3.63, 3.8) is 0 Å². The second-order valence-corrected chi connectivity index (χ2v) is 7.00. The van der Waals surface area contributed by atoms with E-state index < -0.39 is 10.0 Å². The van der Waals surface area contributed by atoms with Gasteiger partial charge in [0.25, 0.3) is 0 Å². The van der Waals surface area contributed by atoms with Gasteiger partial charge in [-0.25, -0.2) is 13.1 Å². The fourth-order valence-electron chi connectivity index (χ4n) is 0.787. The van der Waals surface area contributed by atoms with Crippen LogP contribution in [0.3, 0.4) is 0 Å². The molecule has 7 heteroatoms. The lowest BCUT2D eigenvalue weighted by Crippen LogP contribution is -2.24. The maximum atomic E-state index is 11.5. The zero-order chi connectivity index (χ0) is 10.6. The van der Waals surface area contributed by atoms with Crippen LogP contribution >= 0.6 is 38.9 Å². The molecule has 0 aromatic carbocycles. The fraction of sp³-hybridized carbons (Fsp3) is 0.429. The molecule has 1 N–H and O–H groups in total. The third-order valence-electron chi connectivity index (χ3n) is 1.42. The molecule has 1 aromatic heterocycles. The third-order valence-corrected chi connectivity index (χ3v) is 5.16. The van der Waals surface area contributed by atoms with Gasteiger partial charge in [-0.15, -0.1) is 11.3 Å². The summed E-state index contributed by atoms with van der Waals surface area (Å²) in [5.41, 5.74) is 0. The molecule has 0 saturated carbocycles. The molecule has 14 heavy (non-hydrogen) atoms. The van der Waals surface area contributed by atoms with E-state index in [9.17, 15) is 8.42 Å². The zero-order valence-electron chi connectivity index (χ0n) is 7.16. The summed E-state index contributed by atoms with van der Waals surface area (Å²) >= 11 is 9.93. The van der Waals surface area contributed by atoms with Crippen molar-refractivity contribution >= 4 is 48.9 Å². The Morgan fingerprint density at radius 3 is 2.71 bits per heavy atom. The number of alkyl halides is 1. The highest BCUT2D eigenvalue weighted by atomic mass is 79.9. The van der Waals surface area contributed by atoms with Gasteiger partial charge >= 0.3 is 0 Å². The van der Waals surface area contributed by atoms with E-state index in [-0.39, 0.29) is 4.21 Å². The number of halogens is 2. The quantitative estimate of drug-likeness (QED) is 0.669. The number of hydrogen-bond acceptors (Lipinski definition) is 3. The minimum atomic E-state index is -3.35. The van der Waals surface area contributed by atoms with E-state index in [2.05, 4.69) is 20.7 Å². The fourth-order valence-corrected chi connectivity index (χ4v) is 3.67. The predicted octanol–water partition coefficient (Wildman–Crippen LogP) is 2.46. The maximum absolute atomic E-state index is 11.5. The third kappa shape index (κ3) is 3.51. The predicted molar refractivity (Wildman–Crippen MR) is 62.9 cm³/mol. The Balaban J connectivity index is 2.66. The number of thiophene rings is 1. The van der Waals surface area contributed by atoms with Gasteiger partial charge in [-0.3, -0.25) is 0 Å². The SMILES string of the molecule is O=S(=O)(NCCCBr)c1ccc(Cl)s1. The van der Waals surface area contributed by atoms with Crippen molar-refractivity contribution in [3.05, 3.63) is 16.5 Å². The highest BCUT2D eigenvalue weighted by Gasteiger charge is 2.15. The van der Waals surface area contributed by atoms with Crippen molar-refractivity contribution in [2.45, 2.75) is 10.6 Å². The Labute approximate surface area is 101 Å². The van der Waals surface area contributed by atoms with E-state index in [0.717, 1.165) is 23.1 Å². The van der Waals surface area contributed by atoms with E-state index >= 15 is 0 Å². The molecule has 1 aromatic rings. The minimum Gasteiger partial charge on any atom is -0.210 e. The van der Waals surface area contributed by atoms with Gasteiger partial charge in [0, 0.05) is 11.9 Å². The molecule has 1 rings (SSSR count). The lowest BCUT2D eigenvalue weighted by Gasteiger charge is -2.02. The molecular weight excluding hydrogens is 310 g/mol. The first-order valence-electron chi connectivity index (χ1n) is 3.87. The lowest BCUT2D eigenvalue weighted by molar-refractivity contribution is 0.583. The Bertz CT molecular complexity index is 390. The zero-order valence-corrected chi connectivity index (χ0v) is 11.1.